The van der Waals surface area contributed by atoms with Gasteiger partial charge in [0.1, 0.15) is 0 Å². The second-order valence-electron chi connectivity index (χ2n) is 4.99. The van der Waals surface area contributed by atoms with E-state index >= 15 is 0 Å². The maximum absolute atomic E-state index is 11.4. The third kappa shape index (κ3) is 2.92. The fourth-order valence-corrected chi connectivity index (χ4v) is 4.29. The highest BCUT2D eigenvalue weighted by molar-refractivity contribution is 7.91. The fourth-order valence-electron chi connectivity index (χ4n) is 2.24. The first kappa shape index (κ1) is 11.4. The van der Waals surface area contributed by atoms with Crippen molar-refractivity contribution >= 4 is 9.84 Å². The van der Waals surface area contributed by atoms with E-state index in [1.54, 1.807) is 0 Å². The SMILES string of the molecule is NCC1(NCCC2CC2)CCS(=O)(=O)C1. The minimum atomic E-state index is -2.84. The zero-order chi connectivity index (χ0) is 10.9. The molecule has 0 aromatic rings. The number of nitrogens with two attached hydrogens (primary N) is 1. The van der Waals surface area contributed by atoms with Crippen LogP contribution in [0.2, 0.25) is 0 Å². The van der Waals surface area contributed by atoms with Crippen molar-refractivity contribution in [2.75, 3.05) is 24.6 Å². The monoisotopic (exact) mass is 232 g/mol. The van der Waals surface area contributed by atoms with Crippen molar-refractivity contribution in [3.8, 4) is 0 Å². The van der Waals surface area contributed by atoms with Crippen molar-refractivity contribution in [2.24, 2.45) is 11.7 Å². The molecule has 0 bridgehead atoms. The molecule has 0 amide bonds. The van der Waals surface area contributed by atoms with E-state index in [2.05, 4.69) is 5.32 Å². The number of hydrogen-bond acceptors (Lipinski definition) is 4. The van der Waals surface area contributed by atoms with Crippen molar-refractivity contribution < 1.29 is 8.42 Å². The van der Waals surface area contributed by atoms with Gasteiger partial charge in [-0.3, -0.25) is 0 Å². The molecule has 4 nitrogen and oxygen atoms in total. The van der Waals surface area contributed by atoms with Crippen molar-refractivity contribution in [2.45, 2.75) is 31.2 Å². The number of rotatable bonds is 5. The Balaban J connectivity index is 1.85. The zero-order valence-electron chi connectivity index (χ0n) is 9.04. The van der Waals surface area contributed by atoms with Gasteiger partial charge in [0.2, 0.25) is 0 Å². The van der Waals surface area contributed by atoms with Gasteiger partial charge in [0.25, 0.3) is 0 Å². The Morgan fingerprint density at radius 1 is 1.40 bits per heavy atom. The van der Waals surface area contributed by atoms with E-state index in [1.807, 2.05) is 0 Å². The lowest BCUT2D eigenvalue weighted by atomic mass is 9.99. The molecule has 2 rings (SSSR count). The third-order valence-corrected chi connectivity index (χ3v) is 5.35. The standard InChI is InChI=1S/C10H20N2O2S/c11-7-10(4-6-15(13,14)8-10)12-5-3-9-1-2-9/h9,12H,1-8,11H2. The van der Waals surface area contributed by atoms with E-state index < -0.39 is 9.84 Å². The number of sulfone groups is 1. The smallest absolute Gasteiger partial charge is 0.152 e. The highest BCUT2D eigenvalue weighted by Gasteiger charge is 2.40. The first-order valence-electron chi connectivity index (χ1n) is 5.71. The van der Waals surface area contributed by atoms with Crippen LogP contribution in [0.15, 0.2) is 0 Å². The fraction of sp³-hybridized carbons (Fsp3) is 1.00. The second kappa shape index (κ2) is 4.03. The summed E-state index contributed by atoms with van der Waals surface area (Å²) in [5, 5.41) is 3.37. The summed E-state index contributed by atoms with van der Waals surface area (Å²) in [6.45, 7) is 1.34. The molecule has 1 heterocycles. The lowest BCUT2D eigenvalue weighted by molar-refractivity contribution is 0.366. The van der Waals surface area contributed by atoms with Gasteiger partial charge in [-0.2, -0.15) is 0 Å². The summed E-state index contributed by atoms with van der Waals surface area (Å²) >= 11 is 0. The van der Waals surface area contributed by atoms with Gasteiger partial charge >= 0.3 is 0 Å². The highest BCUT2D eigenvalue weighted by atomic mass is 32.2. The zero-order valence-corrected chi connectivity index (χ0v) is 9.85. The van der Waals surface area contributed by atoms with Gasteiger partial charge in [0.15, 0.2) is 9.84 Å². The maximum Gasteiger partial charge on any atom is 0.152 e. The van der Waals surface area contributed by atoms with Gasteiger partial charge in [-0.05, 0) is 25.3 Å². The van der Waals surface area contributed by atoms with Crippen LogP contribution in [0.25, 0.3) is 0 Å². The van der Waals surface area contributed by atoms with Crippen LogP contribution < -0.4 is 11.1 Å². The molecule has 0 spiro atoms. The normalized spacial score (nSPS) is 34.5. The minimum absolute atomic E-state index is 0.223. The maximum atomic E-state index is 11.4. The first-order valence-corrected chi connectivity index (χ1v) is 7.53. The molecule has 1 aliphatic carbocycles. The van der Waals surface area contributed by atoms with Gasteiger partial charge in [-0.1, -0.05) is 12.8 Å². The predicted octanol–water partition coefficient (Wildman–Crippen LogP) is -0.108. The van der Waals surface area contributed by atoms with E-state index in [0.29, 0.717) is 18.7 Å². The highest BCUT2D eigenvalue weighted by Crippen LogP contribution is 2.32. The van der Waals surface area contributed by atoms with E-state index in [4.69, 9.17) is 5.73 Å². The van der Waals surface area contributed by atoms with E-state index in [9.17, 15) is 8.42 Å². The average molecular weight is 232 g/mol. The Morgan fingerprint density at radius 2 is 2.13 bits per heavy atom. The van der Waals surface area contributed by atoms with Gasteiger partial charge < -0.3 is 11.1 Å². The van der Waals surface area contributed by atoms with Crippen molar-refractivity contribution in [1.29, 1.82) is 0 Å². The molecule has 88 valence electrons. The van der Waals surface area contributed by atoms with Crippen LogP contribution >= 0.6 is 0 Å². The Bertz CT molecular complexity index is 324. The lowest BCUT2D eigenvalue weighted by Gasteiger charge is -2.27. The van der Waals surface area contributed by atoms with E-state index in [1.165, 1.54) is 19.3 Å². The molecule has 3 N–H and O–H groups in total. The van der Waals surface area contributed by atoms with Crippen LogP contribution in [0, 0.1) is 5.92 Å². The number of hydrogen-bond donors (Lipinski definition) is 2. The molecule has 2 aliphatic rings. The summed E-state index contributed by atoms with van der Waals surface area (Å²) in [4.78, 5) is 0. The minimum Gasteiger partial charge on any atom is -0.329 e. The molecule has 2 fully saturated rings. The molecule has 0 aromatic carbocycles. The molecular formula is C10H20N2O2S. The summed E-state index contributed by atoms with van der Waals surface area (Å²) in [6, 6.07) is 0. The average Bonchev–Trinajstić information content (AvgIpc) is 2.93. The predicted molar refractivity (Wildman–Crippen MR) is 60.4 cm³/mol. The van der Waals surface area contributed by atoms with Crippen LogP contribution in [0.1, 0.15) is 25.7 Å². The molecule has 1 saturated carbocycles. The summed E-state index contributed by atoms with van der Waals surface area (Å²) in [6.07, 6.45) is 4.53. The van der Waals surface area contributed by atoms with Gasteiger partial charge in [0, 0.05) is 12.1 Å². The quantitative estimate of drug-likeness (QED) is 0.694. The molecule has 0 aromatic heterocycles. The van der Waals surface area contributed by atoms with Crippen LogP contribution in [-0.4, -0.2) is 38.6 Å². The largest absolute Gasteiger partial charge is 0.329 e. The van der Waals surface area contributed by atoms with Crippen molar-refractivity contribution in [3.63, 3.8) is 0 Å². The molecule has 15 heavy (non-hydrogen) atoms. The first-order chi connectivity index (χ1) is 7.05. The van der Waals surface area contributed by atoms with Crippen LogP contribution in [0.3, 0.4) is 0 Å². The molecule has 1 atom stereocenters. The van der Waals surface area contributed by atoms with Crippen molar-refractivity contribution in [1.82, 2.24) is 5.32 Å². The van der Waals surface area contributed by atoms with Gasteiger partial charge in [-0.25, -0.2) is 8.42 Å². The summed E-state index contributed by atoms with van der Waals surface area (Å²) in [5.41, 5.74) is 5.37. The van der Waals surface area contributed by atoms with Gasteiger partial charge in [-0.15, -0.1) is 0 Å². The Morgan fingerprint density at radius 3 is 2.60 bits per heavy atom. The Kier molecular flexibility index (Phi) is 3.05. The Hall–Kier alpha value is -0.130. The van der Waals surface area contributed by atoms with Crippen LogP contribution in [0.4, 0.5) is 0 Å². The summed E-state index contributed by atoms with van der Waals surface area (Å²) < 4.78 is 22.8. The second-order valence-corrected chi connectivity index (χ2v) is 7.17. The van der Waals surface area contributed by atoms with E-state index in [0.717, 1.165) is 12.5 Å². The van der Waals surface area contributed by atoms with Crippen LogP contribution in [-0.2, 0) is 9.84 Å². The number of nitrogens with one attached hydrogen (secondary N) is 1. The summed E-state index contributed by atoms with van der Waals surface area (Å²) in [5.74, 6) is 1.40. The van der Waals surface area contributed by atoms with Crippen LogP contribution in [0.5, 0.6) is 0 Å². The molecule has 1 unspecified atom stereocenters. The molecule has 5 heteroatoms. The third-order valence-electron chi connectivity index (χ3n) is 3.53. The van der Waals surface area contributed by atoms with E-state index in [-0.39, 0.29) is 11.3 Å². The lowest BCUT2D eigenvalue weighted by Crippen LogP contribution is -2.52. The van der Waals surface area contributed by atoms with Crippen molar-refractivity contribution in [3.05, 3.63) is 0 Å². The molecule has 1 saturated heterocycles. The topological polar surface area (TPSA) is 72.2 Å². The summed E-state index contributed by atoms with van der Waals surface area (Å²) in [7, 11) is -2.84. The van der Waals surface area contributed by atoms with Gasteiger partial charge in [0.05, 0.1) is 11.5 Å². The molecule has 1 aliphatic heterocycles. The molecule has 0 radical (unpaired) electrons. The molecular weight excluding hydrogens is 212 g/mol. The Labute approximate surface area is 91.5 Å².